The lowest BCUT2D eigenvalue weighted by molar-refractivity contribution is -0.170. The minimum atomic E-state index is -4.84. The number of ether oxygens (including phenoxy) is 1. The summed E-state index contributed by atoms with van der Waals surface area (Å²) in [5, 5.41) is 0. The van der Waals surface area contributed by atoms with E-state index in [9.17, 15) is 22.8 Å². The first-order valence-electron chi connectivity index (χ1n) is 8.83. The van der Waals surface area contributed by atoms with Gasteiger partial charge in [-0.05, 0) is 31.4 Å². The molecule has 0 aliphatic carbocycles. The van der Waals surface area contributed by atoms with Crippen molar-refractivity contribution in [3.63, 3.8) is 0 Å². The number of nitrogens with zero attached hydrogens (tertiary/aromatic N) is 1. The SMILES string of the molecule is CC1(C)OC(=O)N(C(=O)[C@H](c2ccccc2)C(F)(F)F)[C@H]1Cc1ccccc1. The van der Waals surface area contributed by atoms with Crippen molar-refractivity contribution in [2.24, 2.45) is 0 Å². The highest BCUT2D eigenvalue weighted by Crippen LogP contribution is 2.40. The molecule has 0 unspecified atom stereocenters. The monoisotopic (exact) mass is 391 g/mol. The molecule has 0 N–H and O–H groups in total. The maximum Gasteiger partial charge on any atom is 0.417 e. The maximum absolute atomic E-state index is 13.8. The Morgan fingerprint density at radius 1 is 1.07 bits per heavy atom. The largest absolute Gasteiger partial charge is 0.441 e. The highest BCUT2D eigenvalue weighted by atomic mass is 19.4. The topological polar surface area (TPSA) is 46.6 Å². The fourth-order valence-electron chi connectivity index (χ4n) is 3.45. The fraction of sp³-hybridized carbons (Fsp3) is 0.333. The molecule has 3 rings (SSSR count). The second-order valence-corrected chi connectivity index (χ2v) is 7.27. The van der Waals surface area contributed by atoms with Crippen molar-refractivity contribution in [3.05, 3.63) is 71.8 Å². The third kappa shape index (κ3) is 3.88. The van der Waals surface area contributed by atoms with Crippen LogP contribution in [0.3, 0.4) is 0 Å². The quantitative estimate of drug-likeness (QED) is 0.759. The van der Waals surface area contributed by atoms with E-state index in [-0.39, 0.29) is 12.0 Å². The summed E-state index contributed by atoms with van der Waals surface area (Å²) in [6.45, 7) is 3.19. The van der Waals surface area contributed by atoms with E-state index in [1.165, 1.54) is 24.3 Å². The van der Waals surface area contributed by atoms with Crippen LogP contribution in [0.25, 0.3) is 0 Å². The van der Waals surface area contributed by atoms with Gasteiger partial charge in [0.25, 0.3) is 0 Å². The normalized spacial score (nSPS) is 20.0. The van der Waals surface area contributed by atoms with Gasteiger partial charge < -0.3 is 4.74 Å². The summed E-state index contributed by atoms with van der Waals surface area (Å²) < 4.78 is 46.6. The number of benzene rings is 2. The molecule has 1 fully saturated rings. The van der Waals surface area contributed by atoms with Gasteiger partial charge in [-0.3, -0.25) is 4.79 Å². The Hall–Kier alpha value is -2.83. The van der Waals surface area contributed by atoms with Crippen LogP contribution in [0.2, 0.25) is 0 Å². The first kappa shape index (κ1) is 19.9. The number of cyclic esters (lactones) is 1. The predicted molar refractivity (Wildman–Crippen MR) is 96.6 cm³/mol. The Balaban J connectivity index is 1.99. The molecule has 2 atom stereocenters. The number of carbonyl (C=O) groups excluding carboxylic acids is 2. The zero-order valence-electron chi connectivity index (χ0n) is 15.4. The summed E-state index contributed by atoms with van der Waals surface area (Å²) in [5.41, 5.74) is -0.536. The van der Waals surface area contributed by atoms with Crippen molar-refractivity contribution in [1.29, 1.82) is 0 Å². The Kier molecular flexibility index (Phi) is 5.19. The molecule has 28 heavy (non-hydrogen) atoms. The Labute approximate surface area is 160 Å². The molecule has 1 aliphatic rings. The van der Waals surface area contributed by atoms with Crippen LogP contribution in [-0.4, -0.2) is 34.7 Å². The molecule has 0 aromatic heterocycles. The van der Waals surface area contributed by atoms with E-state index < -0.39 is 35.7 Å². The van der Waals surface area contributed by atoms with Gasteiger partial charge in [-0.15, -0.1) is 0 Å². The van der Waals surface area contributed by atoms with Gasteiger partial charge in [0, 0.05) is 0 Å². The fourth-order valence-corrected chi connectivity index (χ4v) is 3.45. The minimum Gasteiger partial charge on any atom is -0.441 e. The maximum atomic E-state index is 13.8. The average Bonchev–Trinajstić information content (AvgIpc) is 2.84. The van der Waals surface area contributed by atoms with Crippen LogP contribution in [0.4, 0.5) is 18.0 Å². The van der Waals surface area contributed by atoms with Crippen LogP contribution in [0.1, 0.15) is 30.9 Å². The molecule has 7 heteroatoms. The molecular formula is C21H20F3NO3. The Morgan fingerprint density at radius 2 is 1.61 bits per heavy atom. The van der Waals surface area contributed by atoms with Gasteiger partial charge in [0.05, 0.1) is 6.04 Å². The summed E-state index contributed by atoms with van der Waals surface area (Å²) in [5.74, 6) is -3.76. The van der Waals surface area contributed by atoms with Gasteiger partial charge in [0.1, 0.15) is 5.60 Å². The molecule has 0 spiro atoms. The zero-order valence-corrected chi connectivity index (χ0v) is 15.4. The van der Waals surface area contributed by atoms with Gasteiger partial charge in [-0.2, -0.15) is 13.2 Å². The smallest absolute Gasteiger partial charge is 0.417 e. The van der Waals surface area contributed by atoms with Crippen molar-refractivity contribution < 1.29 is 27.5 Å². The highest BCUT2D eigenvalue weighted by molar-refractivity contribution is 5.98. The van der Waals surface area contributed by atoms with Gasteiger partial charge in [-0.1, -0.05) is 60.7 Å². The molecule has 1 aliphatic heterocycles. The van der Waals surface area contributed by atoms with Crippen LogP contribution in [0.15, 0.2) is 60.7 Å². The number of carbonyl (C=O) groups is 2. The van der Waals surface area contributed by atoms with E-state index in [0.29, 0.717) is 4.90 Å². The minimum absolute atomic E-state index is 0.199. The molecule has 148 valence electrons. The number of hydrogen-bond donors (Lipinski definition) is 0. The molecule has 2 amide bonds. The van der Waals surface area contributed by atoms with Crippen LogP contribution in [-0.2, 0) is 16.0 Å². The first-order chi connectivity index (χ1) is 13.1. The van der Waals surface area contributed by atoms with E-state index in [1.807, 2.05) is 6.07 Å². The third-order valence-corrected chi connectivity index (χ3v) is 4.88. The lowest BCUT2D eigenvalue weighted by Gasteiger charge is -2.30. The molecule has 2 aromatic carbocycles. The molecule has 2 aromatic rings. The van der Waals surface area contributed by atoms with Gasteiger partial charge in [-0.25, -0.2) is 9.69 Å². The number of alkyl halides is 3. The lowest BCUT2D eigenvalue weighted by Crippen LogP contribution is -2.49. The van der Waals surface area contributed by atoms with E-state index in [1.54, 1.807) is 44.2 Å². The summed E-state index contributed by atoms with van der Waals surface area (Å²) >= 11 is 0. The van der Waals surface area contributed by atoms with Crippen LogP contribution >= 0.6 is 0 Å². The van der Waals surface area contributed by atoms with Crippen molar-refractivity contribution in [1.82, 2.24) is 4.90 Å². The number of amides is 2. The summed E-state index contributed by atoms with van der Waals surface area (Å²) in [6.07, 6.45) is -5.70. The summed E-state index contributed by atoms with van der Waals surface area (Å²) in [4.78, 5) is 26.0. The van der Waals surface area contributed by atoms with E-state index in [4.69, 9.17) is 4.74 Å². The average molecular weight is 391 g/mol. The van der Waals surface area contributed by atoms with Crippen LogP contribution in [0, 0.1) is 0 Å². The second-order valence-electron chi connectivity index (χ2n) is 7.27. The molecular weight excluding hydrogens is 371 g/mol. The zero-order chi connectivity index (χ0) is 20.5. The Morgan fingerprint density at radius 3 is 2.14 bits per heavy atom. The number of imide groups is 1. The van der Waals surface area contributed by atoms with Crippen molar-refractivity contribution in [3.8, 4) is 0 Å². The standard InChI is InChI=1S/C21H20F3NO3/c1-20(2)16(13-14-9-5-3-6-10-14)25(19(27)28-20)18(26)17(21(22,23)24)15-11-7-4-8-12-15/h3-12,16-17H,13H2,1-2H3/t16-,17-/m0/s1. The molecule has 0 bridgehead atoms. The van der Waals surface area contributed by atoms with E-state index in [2.05, 4.69) is 0 Å². The van der Waals surface area contributed by atoms with E-state index >= 15 is 0 Å². The van der Waals surface area contributed by atoms with E-state index in [0.717, 1.165) is 5.56 Å². The number of hydrogen-bond acceptors (Lipinski definition) is 3. The molecule has 0 radical (unpaired) electrons. The summed E-state index contributed by atoms with van der Waals surface area (Å²) in [7, 11) is 0. The summed E-state index contributed by atoms with van der Waals surface area (Å²) in [6, 6.07) is 15.0. The first-order valence-corrected chi connectivity index (χ1v) is 8.83. The third-order valence-electron chi connectivity index (χ3n) is 4.88. The van der Waals surface area contributed by atoms with Crippen LogP contribution in [0.5, 0.6) is 0 Å². The number of rotatable bonds is 4. The lowest BCUT2D eigenvalue weighted by atomic mass is 9.90. The molecule has 4 nitrogen and oxygen atoms in total. The van der Waals surface area contributed by atoms with Crippen molar-refractivity contribution in [2.75, 3.05) is 0 Å². The molecule has 1 saturated heterocycles. The number of halogens is 3. The van der Waals surface area contributed by atoms with Crippen molar-refractivity contribution in [2.45, 2.75) is 44.0 Å². The van der Waals surface area contributed by atoms with Gasteiger partial charge in [0.15, 0.2) is 5.92 Å². The van der Waals surface area contributed by atoms with Gasteiger partial charge in [0.2, 0.25) is 5.91 Å². The second kappa shape index (κ2) is 7.30. The molecule has 0 saturated carbocycles. The van der Waals surface area contributed by atoms with Crippen molar-refractivity contribution >= 4 is 12.0 Å². The van der Waals surface area contributed by atoms with Crippen LogP contribution < -0.4 is 0 Å². The Bertz CT molecular complexity index is 850. The predicted octanol–water partition coefficient (Wildman–Crippen LogP) is 4.70. The highest BCUT2D eigenvalue weighted by Gasteiger charge is 2.56. The molecule has 1 heterocycles. The van der Waals surface area contributed by atoms with Gasteiger partial charge >= 0.3 is 12.3 Å².